The van der Waals surface area contributed by atoms with Crippen molar-refractivity contribution in [2.24, 2.45) is 5.92 Å². The topological polar surface area (TPSA) is 38.8 Å². The van der Waals surface area contributed by atoms with Crippen LogP contribution >= 0.6 is 0 Å². The van der Waals surface area contributed by atoms with E-state index in [0.29, 0.717) is 19.8 Å². The van der Waals surface area contributed by atoms with Crippen molar-refractivity contribution in [1.29, 1.82) is 0 Å². The number of hydrogen-bond acceptors (Lipinski definition) is 3. The van der Waals surface area contributed by atoms with Crippen molar-refractivity contribution in [3.63, 3.8) is 0 Å². The molecule has 1 aromatic rings. The molecule has 1 atom stereocenters. The number of hydroxylamine groups is 2. The van der Waals surface area contributed by atoms with Crippen LogP contribution in [0.3, 0.4) is 0 Å². The van der Waals surface area contributed by atoms with Gasteiger partial charge in [0.1, 0.15) is 12.4 Å². The molecule has 2 heterocycles. The van der Waals surface area contributed by atoms with Gasteiger partial charge in [0.05, 0.1) is 12.5 Å². The third-order valence-electron chi connectivity index (χ3n) is 3.48. The van der Waals surface area contributed by atoms with E-state index < -0.39 is 0 Å². The molecule has 0 spiro atoms. The van der Waals surface area contributed by atoms with Crippen LogP contribution in [0, 0.1) is 5.92 Å². The number of nitrogens with zero attached hydrogens (tertiary/aromatic N) is 1. The Hall–Kier alpha value is -1.55. The number of amides is 1. The van der Waals surface area contributed by atoms with E-state index in [1.165, 1.54) is 5.06 Å². The number of rotatable bonds is 1. The lowest BCUT2D eigenvalue weighted by Crippen LogP contribution is -2.43. The molecule has 1 saturated heterocycles. The van der Waals surface area contributed by atoms with Gasteiger partial charge >= 0.3 is 0 Å². The zero-order valence-electron chi connectivity index (χ0n) is 10.3. The predicted octanol–water partition coefficient (Wildman–Crippen LogP) is 1.79. The van der Waals surface area contributed by atoms with Gasteiger partial charge in [0.15, 0.2) is 0 Å². The normalized spacial score (nSPS) is 23.1. The maximum absolute atomic E-state index is 12.3. The fourth-order valence-corrected chi connectivity index (χ4v) is 2.46. The molecule has 0 N–H and O–H groups in total. The van der Waals surface area contributed by atoms with Crippen LogP contribution in [0.25, 0.3) is 0 Å². The minimum absolute atomic E-state index is 0.0594. The van der Waals surface area contributed by atoms with E-state index in [-0.39, 0.29) is 11.8 Å². The lowest BCUT2D eigenvalue weighted by molar-refractivity contribution is -0.202. The molecule has 0 radical (unpaired) electrons. The van der Waals surface area contributed by atoms with Crippen LogP contribution in [-0.2, 0) is 16.1 Å². The van der Waals surface area contributed by atoms with Crippen LogP contribution in [0.5, 0.6) is 5.75 Å². The summed E-state index contributed by atoms with van der Waals surface area (Å²) < 4.78 is 5.64. The zero-order chi connectivity index (χ0) is 12.4. The highest BCUT2D eigenvalue weighted by Gasteiger charge is 2.30. The summed E-state index contributed by atoms with van der Waals surface area (Å²) in [7, 11) is 0. The fraction of sp³-hybridized carbons (Fsp3) is 0.500. The summed E-state index contributed by atoms with van der Waals surface area (Å²) in [5.41, 5.74) is 1.11. The molecule has 2 aliphatic heterocycles. The minimum Gasteiger partial charge on any atom is -0.492 e. The van der Waals surface area contributed by atoms with Gasteiger partial charge in [0, 0.05) is 6.54 Å². The second kappa shape index (κ2) is 4.98. The van der Waals surface area contributed by atoms with Crippen molar-refractivity contribution in [2.75, 3.05) is 19.8 Å². The molecule has 1 aromatic carbocycles. The highest BCUT2D eigenvalue weighted by Crippen LogP contribution is 2.28. The standard InChI is InChI=1S/C14H17NO3/c16-14(15-7-3-4-8-18-15)12-9-11-5-1-2-6-13(11)17-10-12/h1-2,5-6,12H,3-4,7-10H2. The molecule has 1 unspecified atom stereocenters. The van der Waals surface area contributed by atoms with Crippen molar-refractivity contribution in [2.45, 2.75) is 19.3 Å². The molecular weight excluding hydrogens is 230 g/mol. The van der Waals surface area contributed by atoms with Gasteiger partial charge in [-0.3, -0.25) is 9.63 Å². The first-order valence-electron chi connectivity index (χ1n) is 6.49. The average molecular weight is 247 g/mol. The van der Waals surface area contributed by atoms with Crippen LogP contribution in [0.4, 0.5) is 0 Å². The van der Waals surface area contributed by atoms with Gasteiger partial charge in [-0.1, -0.05) is 18.2 Å². The van der Waals surface area contributed by atoms with Gasteiger partial charge in [0.25, 0.3) is 5.91 Å². The Kier molecular flexibility index (Phi) is 3.19. The fourth-order valence-electron chi connectivity index (χ4n) is 2.46. The van der Waals surface area contributed by atoms with Crippen molar-refractivity contribution >= 4 is 5.91 Å². The third kappa shape index (κ3) is 2.20. The van der Waals surface area contributed by atoms with Gasteiger partial charge in [-0.05, 0) is 30.9 Å². The molecule has 4 heteroatoms. The number of carbonyl (C=O) groups excluding carboxylic acids is 1. The van der Waals surface area contributed by atoms with Gasteiger partial charge in [0.2, 0.25) is 0 Å². The first-order valence-corrected chi connectivity index (χ1v) is 6.49. The van der Waals surface area contributed by atoms with Crippen molar-refractivity contribution in [3.05, 3.63) is 29.8 Å². The van der Waals surface area contributed by atoms with Crippen LogP contribution in [0.2, 0.25) is 0 Å². The Morgan fingerprint density at radius 1 is 1.28 bits per heavy atom. The molecule has 2 aliphatic rings. The molecular formula is C14H17NO3. The second-order valence-electron chi connectivity index (χ2n) is 4.80. The van der Waals surface area contributed by atoms with E-state index in [0.717, 1.165) is 30.6 Å². The van der Waals surface area contributed by atoms with Crippen molar-refractivity contribution in [1.82, 2.24) is 5.06 Å². The maximum Gasteiger partial charge on any atom is 0.253 e. The van der Waals surface area contributed by atoms with E-state index in [4.69, 9.17) is 9.57 Å². The summed E-state index contributed by atoms with van der Waals surface area (Å²) in [5.74, 6) is 0.850. The van der Waals surface area contributed by atoms with Gasteiger partial charge in [-0.15, -0.1) is 0 Å². The van der Waals surface area contributed by atoms with Crippen molar-refractivity contribution in [3.8, 4) is 5.75 Å². The summed E-state index contributed by atoms with van der Waals surface area (Å²) in [5, 5.41) is 1.52. The molecule has 96 valence electrons. The first kappa shape index (κ1) is 11.5. The number of hydrogen-bond donors (Lipinski definition) is 0. The summed E-state index contributed by atoms with van der Waals surface area (Å²) in [4.78, 5) is 17.7. The highest BCUT2D eigenvalue weighted by molar-refractivity contribution is 5.78. The van der Waals surface area contributed by atoms with E-state index in [9.17, 15) is 4.79 Å². The van der Waals surface area contributed by atoms with Crippen LogP contribution < -0.4 is 4.74 Å². The van der Waals surface area contributed by atoms with E-state index >= 15 is 0 Å². The molecule has 4 nitrogen and oxygen atoms in total. The molecule has 0 aliphatic carbocycles. The van der Waals surface area contributed by atoms with Gasteiger partial charge < -0.3 is 4.74 Å². The molecule has 0 bridgehead atoms. The van der Waals surface area contributed by atoms with Gasteiger partial charge in [-0.2, -0.15) is 0 Å². The summed E-state index contributed by atoms with van der Waals surface area (Å²) in [6, 6.07) is 7.90. The molecule has 1 amide bonds. The van der Waals surface area contributed by atoms with Crippen LogP contribution in [-0.4, -0.2) is 30.7 Å². The van der Waals surface area contributed by atoms with Gasteiger partial charge in [-0.25, -0.2) is 5.06 Å². The molecule has 0 saturated carbocycles. The monoisotopic (exact) mass is 247 g/mol. The minimum atomic E-state index is -0.113. The van der Waals surface area contributed by atoms with E-state index in [1.807, 2.05) is 24.3 Å². The smallest absolute Gasteiger partial charge is 0.253 e. The van der Waals surface area contributed by atoms with Crippen LogP contribution in [0.1, 0.15) is 18.4 Å². The predicted molar refractivity (Wildman–Crippen MR) is 66.0 cm³/mol. The third-order valence-corrected chi connectivity index (χ3v) is 3.48. The number of fused-ring (bicyclic) bond motifs is 1. The first-order chi connectivity index (χ1) is 8.84. The largest absolute Gasteiger partial charge is 0.492 e. The zero-order valence-corrected chi connectivity index (χ0v) is 10.3. The van der Waals surface area contributed by atoms with Crippen LogP contribution in [0.15, 0.2) is 24.3 Å². The molecule has 1 fully saturated rings. The Bertz CT molecular complexity index is 440. The summed E-state index contributed by atoms with van der Waals surface area (Å²) >= 11 is 0. The van der Waals surface area contributed by atoms with E-state index in [2.05, 4.69) is 0 Å². The lowest BCUT2D eigenvalue weighted by atomic mass is 9.96. The number of carbonyl (C=O) groups is 1. The second-order valence-corrected chi connectivity index (χ2v) is 4.80. The summed E-state index contributed by atoms with van der Waals surface area (Å²) in [6.45, 7) is 1.81. The Labute approximate surface area is 106 Å². The number of ether oxygens (including phenoxy) is 1. The highest BCUT2D eigenvalue weighted by atomic mass is 16.7. The lowest BCUT2D eigenvalue weighted by Gasteiger charge is -2.31. The molecule has 0 aromatic heterocycles. The SMILES string of the molecule is O=C(C1COc2ccccc2C1)N1CCCCO1. The maximum atomic E-state index is 12.3. The molecule has 18 heavy (non-hydrogen) atoms. The summed E-state index contributed by atoms with van der Waals surface area (Å²) in [6.07, 6.45) is 2.80. The Morgan fingerprint density at radius 3 is 3.00 bits per heavy atom. The number of para-hydroxylation sites is 1. The average Bonchev–Trinajstić information content (AvgIpc) is 2.47. The number of benzene rings is 1. The quantitative estimate of drug-likeness (QED) is 0.759. The molecule has 3 rings (SSSR count). The Balaban J connectivity index is 1.69. The van der Waals surface area contributed by atoms with Crippen molar-refractivity contribution < 1.29 is 14.4 Å². The van der Waals surface area contributed by atoms with E-state index in [1.54, 1.807) is 0 Å². The Morgan fingerprint density at radius 2 is 2.17 bits per heavy atom.